The van der Waals surface area contributed by atoms with E-state index < -0.39 is 0 Å². The topological polar surface area (TPSA) is 85.2 Å². The average Bonchev–Trinajstić information content (AvgIpc) is 3.02. The van der Waals surface area contributed by atoms with E-state index >= 15 is 0 Å². The molecule has 1 saturated heterocycles. The van der Waals surface area contributed by atoms with Gasteiger partial charge in [0.1, 0.15) is 0 Å². The second-order valence-corrected chi connectivity index (χ2v) is 5.76. The van der Waals surface area contributed by atoms with Gasteiger partial charge in [-0.05, 0) is 31.0 Å². The monoisotopic (exact) mass is 314 g/mol. The van der Waals surface area contributed by atoms with E-state index in [-0.39, 0.29) is 24.0 Å². The number of hydrogen-bond donors (Lipinski definition) is 2. The van der Waals surface area contributed by atoms with Gasteiger partial charge in [0.2, 0.25) is 5.91 Å². The SMILES string of the molecule is CCC(=O)N1CC[C@H](NC(=O)N[C@@H](C)c2cccc(C#N)c2)C1. The van der Waals surface area contributed by atoms with Crippen LogP contribution in [0.25, 0.3) is 0 Å². The summed E-state index contributed by atoms with van der Waals surface area (Å²) < 4.78 is 0. The minimum absolute atomic E-state index is 0.0110. The Balaban J connectivity index is 1.85. The van der Waals surface area contributed by atoms with Crippen molar-refractivity contribution in [2.24, 2.45) is 0 Å². The minimum Gasteiger partial charge on any atom is -0.341 e. The van der Waals surface area contributed by atoms with Crippen LogP contribution in [0.4, 0.5) is 4.79 Å². The van der Waals surface area contributed by atoms with Crippen LogP contribution in [0.1, 0.15) is 43.9 Å². The summed E-state index contributed by atoms with van der Waals surface area (Å²) in [7, 11) is 0. The summed E-state index contributed by atoms with van der Waals surface area (Å²) >= 11 is 0. The minimum atomic E-state index is -0.254. The normalized spacial score (nSPS) is 18.1. The van der Waals surface area contributed by atoms with Gasteiger partial charge in [0.05, 0.1) is 17.7 Å². The van der Waals surface area contributed by atoms with Crippen molar-refractivity contribution < 1.29 is 9.59 Å². The number of amides is 3. The molecule has 1 aromatic carbocycles. The molecule has 6 nitrogen and oxygen atoms in total. The first-order valence-corrected chi connectivity index (χ1v) is 7.88. The number of carbonyl (C=O) groups is 2. The number of urea groups is 1. The predicted molar refractivity (Wildman–Crippen MR) is 86.5 cm³/mol. The number of nitrogens with zero attached hydrogens (tertiary/aromatic N) is 2. The lowest BCUT2D eigenvalue weighted by atomic mass is 10.1. The fourth-order valence-electron chi connectivity index (χ4n) is 2.71. The summed E-state index contributed by atoms with van der Waals surface area (Å²) in [5.41, 5.74) is 1.45. The molecule has 6 heteroatoms. The zero-order chi connectivity index (χ0) is 16.8. The summed E-state index contributed by atoms with van der Waals surface area (Å²) in [5.74, 6) is 0.122. The number of nitriles is 1. The molecule has 0 unspecified atom stereocenters. The first kappa shape index (κ1) is 16.8. The molecular formula is C17H22N4O2. The van der Waals surface area contributed by atoms with Crippen molar-refractivity contribution in [3.05, 3.63) is 35.4 Å². The largest absolute Gasteiger partial charge is 0.341 e. The Labute approximate surface area is 136 Å². The number of carbonyl (C=O) groups excluding carboxylic acids is 2. The second-order valence-electron chi connectivity index (χ2n) is 5.76. The van der Waals surface area contributed by atoms with Gasteiger partial charge in [-0.15, -0.1) is 0 Å². The zero-order valence-electron chi connectivity index (χ0n) is 13.5. The van der Waals surface area contributed by atoms with Crippen molar-refractivity contribution in [2.45, 2.75) is 38.8 Å². The molecule has 0 aliphatic carbocycles. The Kier molecular flexibility index (Phi) is 5.58. The quantitative estimate of drug-likeness (QED) is 0.890. The van der Waals surface area contributed by atoms with Gasteiger partial charge in [0.25, 0.3) is 0 Å². The van der Waals surface area contributed by atoms with Gasteiger partial charge in [-0.25, -0.2) is 4.79 Å². The van der Waals surface area contributed by atoms with E-state index in [4.69, 9.17) is 5.26 Å². The summed E-state index contributed by atoms with van der Waals surface area (Å²) in [6, 6.07) is 8.80. The molecule has 0 aromatic heterocycles. The van der Waals surface area contributed by atoms with E-state index in [9.17, 15) is 9.59 Å². The Hall–Kier alpha value is -2.55. The molecule has 122 valence electrons. The van der Waals surface area contributed by atoms with Gasteiger partial charge in [0.15, 0.2) is 0 Å². The average molecular weight is 314 g/mol. The van der Waals surface area contributed by atoms with Crippen LogP contribution in [0.5, 0.6) is 0 Å². The lowest BCUT2D eigenvalue weighted by Crippen LogP contribution is -2.44. The predicted octanol–water partition coefficient (Wildman–Crippen LogP) is 1.93. The first-order chi connectivity index (χ1) is 11.0. The zero-order valence-corrected chi connectivity index (χ0v) is 13.5. The maximum absolute atomic E-state index is 12.1. The van der Waals surface area contributed by atoms with Gasteiger partial charge in [-0.2, -0.15) is 5.26 Å². The van der Waals surface area contributed by atoms with E-state index in [0.29, 0.717) is 25.1 Å². The summed E-state index contributed by atoms with van der Waals surface area (Å²) in [6.07, 6.45) is 1.27. The highest BCUT2D eigenvalue weighted by Gasteiger charge is 2.26. The smallest absolute Gasteiger partial charge is 0.315 e. The van der Waals surface area contributed by atoms with Crippen LogP contribution in [0.3, 0.4) is 0 Å². The summed E-state index contributed by atoms with van der Waals surface area (Å²) in [4.78, 5) is 25.5. The van der Waals surface area contributed by atoms with Gasteiger partial charge in [-0.1, -0.05) is 19.1 Å². The van der Waals surface area contributed by atoms with Gasteiger partial charge >= 0.3 is 6.03 Å². The molecule has 3 amide bonds. The molecule has 2 rings (SSSR count). The van der Waals surface area contributed by atoms with Crippen molar-refractivity contribution in [3.8, 4) is 6.07 Å². The third-order valence-corrected chi connectivity index (χ3v) is 4.04. The van der Waals surface area contributed by atoms with Crippen LogP contribution in [-0.4, -0.2) is 36.0 Å². The molecule has 1 aromatic rings. The third kappa shape index (κ3) is 4.46. The lowest BCUT2D eigenvalue weighted by molar-refractivity contribution is -0.129. The number of benzene rings is 1. The molecule has 0 radical (unpaired) electrons. The Morgan fingerprint density at radius 2 is 2.26 bits per heavy atom. The molecule has 2 N–H and O–H groups in total. The molecule has 2 atom stereocenters. The fraction of sp³-hybridized carbons (Fsp3) is 0.471. The van der Waals surface area contributed by atoms with Crippen LogP contribution < -0.4 is 10.6 Å². The van der Waals surface area contributed by atoms with Crippen molar-refractivity contribution in [1.82, 2.24) is 15.5 Å². The molecule has 1 aliphatic heterocycles. The van der Waals surface area contributed by atoms with Crippen LogP contribution in [0.15, 0.2) is 24.3 Å². The van der Waals surface area contributed by atoms with Crippen LogP contribution in [0.2, 0.25) is 0 Å². The van der Waals surface area contributed by atoms with Crippen molar-refractivity contribution in [1.29, 1.82) is 5.26 Å². The number of likely N-dealkylation sites (tertiary alicyclic amines) is 1. The number of hydrogen-bond acceptors (Lipinski definition) is 3. The van der Waals surface area contributed by atoms with Crippen LogP contribution in [0, 0.1) is 11.3 Å². The first-order valence-electron chi connectivity index (χ1n) is 7.88. The van der Waals surface area contributed by atoms with E-state index in [1.54, 1.807) is 23.1 Å². The molecule has 0 saturated carbocycles. The Morgan fingerprint density at radius 1 is 1.48 bits per heavy atom. The Bertz CT molecular complexity index is 623. The summed E-state index contributed by atoms with van der Waals surface area (Å²) in [5, 5.41) is 14.7. The molecule has 1 heterocycles. The molecule has 1 fully saturated rings. The van der Waals surface area contributed by atoms with E-state index in [0.717, 1.165) is 12.0 Å². The second kappa shape index (κ2) is 7.63. The highest BCUT2D eigenvalue weighted by Crippen LogP contribution is 2.14. The van der Waals surface area contributed by atoms with Crippen molar-refractivity contribution in [3.63, 3.8) is 0 Å². The van der Waals surface area contributed by atoms with Gasteiger partial charge < -0.3 is 15.5 Å². The summed E-state index contributed by atoms with van der Waals surface area (Å²) in [6.45, 7) is 4.97. The number of rotatable bonds is 4. The molecule has 0 bridgehead atoms. The molecule has 1 aliphatic rings. The fourth-order valence-corrected chi connectivity index (χ4v) is 2.71. The highest BCUT2D eigenvalue weighted by molar-refractivity contribution is 5.77. The van der Waals surface area contributed by atoms with Gasteiger partial charge in [0, 0.05) is 25.6 Å². The standard InChI is InChI=1S/C17H22N4O2/c1-3-16(22)21-8-7-15(11-21)20-17(23)19-12(2)14-6-4-5-13(9-14)10-18/h4-6,9,12,15H,3,7-8,11H2,1-2H3,(H2,19,20,23)/t12-,15-/m0/s1. The van der Waals surface area contributed by atoms with Crippen LogP contribution >= 0.6 is 0 Å². The molecule has 23 heavy (non-hydrogen) atoms. The molecular weight excluding hydrogens is 292 g/mol. The lowest BCUT2D eigenvalue weighted by Gasteiger charge is -2.19. The third-order valence-electron chi connectivity index (χ3n) is 4.04. The van der Waals surface area contributed by atoms with E-state index in [1.165, 1.54) is 0 Å². The van der Waals surface area contributed by atoms with Crippen molar-refractivity contribution >= 4 is 11.9 Å². The van der Waals surface area contributed by atoms with Gasteiger partial charge in [-0.3, -0.25) is 4.79 Å². The Morgan fingerprint density at radius 3 is 2.96 bits per heavy atom. The van der Waals surface area contributed by atoms with Crippen molar-refractivity contribution in [2.75, 3.05) is 13.1 Å². The highest BCUT2D eigenvalue weighted by atomic mass is 16.2. The molecule has 0 spiro atoms. The van der Waals surface area contributed by atoms with E-state index in [1.807, 2.05) is 19.9 Å². The number of nitrogens with one attached hydrogen (secondary N) is 2. The van der Waals surface area contributed by atoms with Crippen LogP contribution in [-0.2, 0) is 4.79 Å². The maximum atomic E-state index is 12.1. The maximum Gasteiger partial charge on any atom is 0.315 e. The van der Waals surface area contributed by atoms with E-state index in [2.05, 4.69) is 16.7 Å².